The Balaban J connectivity index is 2.47. The Bertz CT molecular complexity index is 539. The number of hydrogen-bond acceptors (Lipinski definition) is 4. The number of nitrogens with two attached hydrogens (primary N) is 1. The fourth-order valence-electron chi connectivity index (χ4n) is 2.59. The molecule has 5 nitrogen and oxygen atoms in total. The zero-order valence-electron chi connectivity index (χ0n) is 11.6. The fourth-order valence-corrected chi connectivity index (χ4v) is 2.59. The van der Waals surface area contributed by atoms with Crippen LogP contribution in [-0.4, -0.2) is 29.1 Å². The van der Waals surface area contributed by atoms with Gasteiger partial charge >= 0.3 is 6.18 Å². The second kappa shape index (κ2) is 5.79. The van der Waals surface area contributed by atoms with Crippen LogP contribution in [0.5, 0.6) is 0 Å². The molecule has 0 bridgehead atoms. The van der Waals surface area contributed by atoms with Gasteiger partial charge in [0.1, 0.15) is 11.5 Å². The van der Waals surface area contributed by atoms with E-state index in [1.165, 1.54) is 6.07 Å². The lowest BCUT2D eigenvalue weighted by Crippen LogP contribution is -2.32. The molecule has 0 aromatic carbocycles. The van der Waals surface area contributed by atoms with Crippen molar-refractivity contribution in [2.45, 2.75) is 37.9 Å². The van der Waals surface area contributed by atoms with Crippen molar-refractivity contribution in [3.63, 3.8) is 0 Å². The lowest BCUT2D eigenvalue weighted by atomic mass is 10.1. The van der Waals surface area contributed by atoms with Crippen LogP contribution in [0, 0.1) is 0 Å². The van der Waals surface area contributed by atoms with Gasteiger partial charge in [0.25, 0.3) is 0 Å². The van der Waals surface area contributed by atoms with E-state index in [-0.39, 0.29) is 23.3 Å². The van der Waals surface area contributed by atoms with Crippen molar-refractivity contribution >= 4 is 11.7 Å². The van der Waals surface area contributed by atoms with Crippen molar-refractivity contribution in [3.05, 3.63) is 23.4 Å². The number of halogens is 3. The first-order valence-corrected chi connectivity index (χ1v) is 6.63. The van der Waals surface area contributed by atoms with E-state index < -0.39 is 11.9 Å². The predicted molar refractivity (Wildman–Crippen MR) is 72.4 cm³/mol. The number of rotatable bonds is 3. The molecule has 1 aromatic heterocycles. The standard InChI is InChI=1S/C13H17F3N4O/c1-20(8-4-2-3-5-8)12-9(11(17)19-21)6-7-10(18-12)13(14,15)16/h6-8,21H,2-5H2,1H3,(H2,17,19). The zero-order valence-corrected chi connectivity index (χ0v) is 11.6. The molecule has 116 valence electrons. The van der Waals surface area contributed by atoms with Gasteiger partial charge in [-0.25, -0.2) is 4.98 Å². The maximum absolute atomic E-state index is 12.8. The first kappa shape index (κ1) is 15.4. The Labute approximate surface area is 120 Å². The fraction of sp³-hybridized carbons (Fsp3) is 0.538. The molecule has 3 N–H and O–H groups in total. The smallest absolute Gasteiger partial charge is 0.409 e. The average molecular weight is 302 g/mol. The summed E-state index contributed by atoms with van der Waals surface area (Å²) in [4.78, 5) is 5.38. The van der Waals surface area contributed by atoms with Crippen LogP contribution in [0.25, 0.3) is 0 Å². The number of nitrogens with zero attached hydrogens (tertiary/aromatic N) is 3. The Morgan fingerprint density at radius 3 is 2.52 bits per heavy atom. The highest BCUT2D eigenvalue weighted by Gasteiger charge is 2.34. The largest absolute Gasteiger partial charge is 0.433 e. The molecule has 1 aliphatic carbocycles. The summed E-state index contributed by atoms with van der Waals surface area (Å²) in [6, 6.07) is 2.14. The lowest BCUT2D eigenvalue weighted by Gasteiger charge is -2.27. The van der Waals surface area contributed by atoms with E-state index >= 15 is 0 Å². The van der Waals surface area contributed by atoms with Crippen LogP contribution >= 0.6 is 0 Å². The van der Waals surface area contributed by atoms with Crippen molar-refractivity contribution in [1.82, 2.24) is 4.98 Å². The van der Waals surface area contributed by atoms with E-state index in [1.54, 1.807) is 11.9 Å². The van der Waals surface area contributed by atoms with Gasteiger partial charge in [0, 0.05) is 13.1 Å². The molecule has 2 rings (SSSR count). The molecule has 0 unspecified atom stereocenters. The highest BCUT2D eigenvalue weighted by atomic mass is 19.4. The number of oxime groups is 1. The van der Waals surface area contributed by atoms with E-state index in [1.807, 2.05) is 0 Å². The quantitative estimate of drug-likeness (QED) is 0.389. The second-order valence-electron chi connectivity index (χ2n) is 5.10. The number of anilines is 1. The predicted octanol–water partition coefficient (Wildman–Crippen LogP) is 2.57. The second-order valence-corrected chi connectivity index (χ2v) is 5.10. The summed E-state index contributed by atoms with van der Waals surface area (Å²) in [5, 5.41) is 11.7. The first-order valence-electron chi connectivity index (χ1n) is 6.63. The van der Waals surface area contributed by atoms with Gasteiger partial charge in [-0.15, -0.1) is 0 Å². The summed E-state index contributed by atoms with van der Waals surface area (Å²) in [5.74, 6) is -0.164. The van der Waals surface area contributed by atoms with E-state index in [0.717, 1.165) is 31.7 Å². The summed E-state index contributed by atoms with van der Waals surface area (Å²) in [7, 11) is 1.69. The average Bonchev–Trinajstić information content (AvgIpc) is 2.98. The van der Waals surface area contributed by atoms with Gasteiger partial charge in [0.05, 0.1) is 5.56 Å². The van der Waals surface area contributed by atoms with Crippen LogP contribution < -0.4 is 10.6 Å². The van der Waals surface area contributed by atoms with Crippen molar-refractivity contribution < 1.29 is 18.4 Å². The molecule has 1 aromatic rings. The SMILES string of the molecule is CN(c1nc(C(F)(F)F)ccc1C(N)=NO)C1CCCC1. The van der Waals surface area contributed by atoms with Gasteiger partial charge in [-0.1, -0.05) is 18.0 Å². The molecule has 1 fully saturated rings. The van der Waals surface area contributed by atoms with Crippen molar-refractivity contribution in [3.8, 4) is 0 Å². The molecule has 8 heteroatoms. The molecule has 1 saturated carbocycles. The highest BCUT2D eigenvalue weighted by Crippen LogP contribution is 2.32. The number of amidine groups is 1. The summed E-state index contributed by atoms with van der Waals surface area (Å²) in [6.07, 6.45) is -0.678. The van der Waals surface area contributed by atoms with E-state index in [9.17, 15) is 13.2 Å². The number of hydrogen-bond donors (Lipinski definition) is 2. The maximum Gasteiger partial charge on any atom is 0.433 e. The minimum absolute atomic E-state index is 0.0898. The first-order chi connectivity index (χ1) is 9.84. The normalized spacial score (nSPS) is 17.2. The molecular weight excluding hydrogens is 285 g/mol. The number of aromatic nitrogens is 1. The van der Waals surface area contributed by atoms with Crippen molar-refractivity contribution in [1.29, 1.82) is 0 Å². The Morgan fingerprint density at radius 2 is 2.00 bits per heavy atom. The van der Waals surface area contributed by atoms with Crippen LogP contribution in [0.2, 0.25) is 0 Å². The Kier molecular flexibility index (Phi) is 4.24. The minimum atomic E-state index is -4.53. The van der Waals surface area contributed by atoms with E-state index in [4.69, 9.17) is 10.9 Å². The van der Waals surface area contributed by atoms with Crippen LogP contribution in [0.1, 0.15) is 36.9 Å². The molecule has 0 aliphatic heterocycles. The Hall–Kier alpha value is -1.99. The molecule has 1 aliphatic rings. The zero-order chi connectivity index (χ0) is 15.6. The van der Waals surface area contributed by atoms with Gasteiger partial charge < -0.3 is 15.8 Å². The van der Waals surface area contributed by atoms with Gasteiger partial charge in [0.15, 0.2) is 5.84 Å². The topological polar surface area (TPSA) is 74.7 Å². The molecule has 0 atom stereocenters. The molecule has 1 heterocycles. The van der Waals surface area contributed by atoms with Crippen LogP contribution in [-0.2, 0) is 6.18 Å². The van der Waals surface area contributed by atoms with Crippen LogP contribution in [0.4, 0.5) is 19.0 Å². The Morgan fingerprint density at radius 1 is 1.38 bits per heavy atom. The summed E-state index contributed by atoms with van der Waals surface area (Å²) < 4.78 is 38.5. The monoisotopic (exact) mass is 302 g/mol. The lowest BCUT2D eigenvalue weighted by molar-refractivity contribution is -0.141. The molecular formula is C13H17F3N4O. The maximum atomic E-state index is 12.8. The number of alkyl halides is 3. The van der Waals surface area contributed by atoms with Crippen molar-refractivity contribution in [2.75, 3.05) is 11.9 Å². The molecule has 0 radical (unpaired) electrons. The highest BCUT2D eigenvalue weighted by molar-refractivity contribution is 6.01. The summed E-state index contributed by atoms with van der Waals surface area (Å²) >= 11 is 0. The minimum Gasteiger partial charge on any atom is -0.409 e. The van der Waals surface area contributed by atoms with Gasteiger partial charge in [-0.3, -0.25) is 0 Å². The molecule has 0 spiro atoms. The van der Waals surface area contributed by atoms with Crippen LogP contribution in [0.3, 0.4) is 0 Å². The van der Waals surface area contributed by atoms with E-state index in [0.29, 0.717) is 0 Å². The van der Waals surface area contributed by atoms with E-state index in [2.05, 4.69) is 10.1 Å². The summed E-state index contributed by atoms with van der Waals surface area (Å²) in [6.45, 7) is 0. The third-order valence-corrected chi connectivity index (χ3v) is 3.76. The summed E-state index contributed by atoms with van der Waals surface area (Å²) in [5.41, 5.74) is 4.75. The molecule has 21 heavy (non-hydrogen) atoms. The molecule has 0 amide bonds. The third kappa shape index (κ3) is 3.20. The van der Waals surface area contributed by atoms with Crippen LogP contribution in [0.15, 0.2) is 17.3 Å². The van der Waals surface area contributed by atoms with Gasteiger partial charge in [0.2, 0.25) is 0 Å². The number of pyridine rings is 1. The van der Waals surface area contributed by atoms with Crippen molar-refractivity contribution in [2.24, 2.45) is 10.9 Å². The van der Waals surface area contributed by atoms with Gasteiger partial charge in [-0.2, -0.15) is 13.2 Å². The third-order valence-electron chi connectivity index (χ3n) is 3.76. The molecule has 0 saturated heterocycles. The van der Waals surface area contributed by atoms with Gasteiger partial charge in [-0.05, 0) is 25.0 Å².